The minimum absolute atomic E-state index is 0. The van der Waals surface area contributed by atoms with Gasteiger partial charge in [-0.2, -0.15) is 0 Å². The van der Waals surface area contributed by atoms with Crippen LogP contribution in [0.25, 0.3) is 10.9 Å². The van der Waals surface area contributed by atoms with Gasteiger partial charge in [0.15, 0.2) is 0 Å². The lowest BCUT2D eigenvalue weighted by molar-refractivity contribution is 1.34. The predicted molar refractivity (Wildman–Crippen MR) is 58.5 cm³/mol. The molecule has 13 heavy (non-hydrogen) atoms. The van der Waals surface area contributed by atoms with E-state index in [0.717, 1.165) is 16.5 Å². The third kappa shape index (κ3) is 1.93. The number of rotatable bonds is 1. The Balaban J connectivity index is 0.000000845. The molecule has 0 atom stereocenters. The van der Waals surface area contributed by atoms with Crippen LogP contribution in [-0.2, 0) is 5.88 Å². The Bertz CT molecular complexity index is 396. The van der Waals surface area contributed by atoms with E-state index >= 15 is 0 Å². The molecule has 0 saturated heterocycles. The van der Waals surface area contributed by atoms with Gasteiger partial charge in [0.2, 0.25) is 0 Å². The maximum atomic E-state index is 5.78. The van der Waals surface area contributed by atoms with Crippen molar-refractivity contribution in [2.75, 3.05) is 0 Å². The second kappa shape index (κ2) is 4.45. The number of alkyl halides is 1. The smallest absolute Gasteiger partial charge is 0.0705 e. The van der Waals surface area contributed by atoms with Gasteiger partial charge in [0.1, 0.15) is 0 Å². The van der Waals surface area contributed by atoms with Gasteiger partial charge in [-0.15, -0.1) is 24.0 Å². The summed E-state index contributed by atoms with van der Waals surface area (Å²) in [6.07, 6.45) is 1.79. The minimum Gasteiger partial charge on any atom is -0.256 e. The Morgan fingerprint density at radius 1 is 1.15 bits per heavy atom. The first kappa shape index (κ1) is 10.3. The SMILES string of the molecule is Cl.ClCc1ccnc2ccccc12. The van der Waals surface area contributed by atoms with E-state index in [0.29, 0.717) is 5.88 Å². The van der Waals surface area contributed by atoms with Crippen LogP contribution in [0.2, 0.25) is 0 Å². The molecular weight excluding hydrogens is 205 g/mol. The van der Waals surface area contributed by atoms with E-state index in [4.69, 9.17) is 11.6 Å². The minimum atomic E-state index is 0. The topological polar surface area (TPSA) is 12.9 Å². The van der Waals surface area contributed by atoms with Gasteiger partial charge in [-0.25, -0.2) is 0 Å². The highest BCUT2D eigenvalue weighted by molar-refractivity contribution is 6.17. The fraction of sp³-hybridized carbons (Fsp3) is 0.100. The van der Waals surface area contributed by atoms with Gasteiger partial charge >= 0.3 is 0 Å². The molecule has 1 aromatic heterocycles. The number of halogens is 2. The van der Waals surface area contributed by atoms with Crippen LogP contribution >= 0.6 is 24.0 Å². The Morgan fingerprint density at radius 3 is 2.69 bits per heavy atom. The molecule has 0 amide bonds. The molecule has 1 heterocycles. The molecule has 0 saturated carbocycles. The normalized spacial score (nSPS) is 9.62. The van der Waals surface area contributed by atoms with Gasteiger partial charge in [-0.05, 0) is 17.7 Å². The largest absolute Gasteiger partial charge is 0.256 e. The summed E-state index contributed by atoms with van der Waals surface area (Å²) in [6, 6.07) is 9.97. The number of benzene rings is 1. The Kier molecular flexibility index (Phi) is 3.52. The molecule has 0 bridgehead atoms. The summed E-state index contributed by atoms with van der Waals surface area (Å²) < 4.78 is 0. The average molecular weight is 214 g/mol. The van der Waals surface area contributed by atoms with Crippen molar-refractivity contribution in [3.8, 4) is 0 Å². The van der Waals surface area contributed by atoms with Crippen molar-refractivity contribution in [3.05, 3.63) is 42.1 Å². The molecule has 0 radical (unpaired) electrons. The number of para-hydroxylation sites is 1. The zero-order valence-electron chi connectivity index (χ0n) is 6.90. The Morgan fingerprint density at radius 2 is 1.92 bits per heavy atom. The predicted octanol–water partition coefficient (Wildman–Crippen LogP) is 3.40. The lowest BCUT2D eigenvalue weighted by atomic mass is 10.1. The van der Waals surface area contributed by atoms with Crippen LogP contribution in [0.15, 0.2) is 36.5 Å². The van der Waals surface area contributed by atoms with E-state index in [2.05, 4.69) is 4.98 Å². The molecule has 0 unspecified atom stereocenters. The van der Waals surface area contributed by atoms with Crippen LogP contribution < -0.4 is 0 Å². The van der Waals surface area contributed by atoms with Crippen molar-refractivity contribution in [2.24, 2.45) is 0 Å². The van der Waals surface area contributed by atoms with Crippen molar-refractivity contribution in [1.29, 1.82) is 0 Å². The number of nitrogens with zero attached hydrogens (tertiary/aromatic N) is 1. The highest BCUT2D eigenvalue weighted by Gasteiger charge is 1.97. The zero-order chi connectivity index (χ0) is 8.39. The summed E-state index contributed by atoms with van der Waals surface area (Å²) in [5.74, 6) is 0.545. The highest BCUT2D eigenvalue weighted by atomic mass is 35.5. The number of pyridine rings is 1. The quantitative estimate of drug-likeness (QED) is 0.663. The molecule has 1 aromatic carbocycles. The third-order valence-electron chi connectivity index (χ3n) is 1.88. The van der Waals surface area contributed by atoms with Gasteiger partial charge in [-0.3, -0.25) is 4.98 Å². The van der Waals surface area contributed by atoms with Crippen molar-refractivity contribution < 1.29 is 0 Å². The summed E-state index contributed by atoms with van der Waals surface area (Å²) in [5, 5.41) is 1.15. The van der Waals surface area contributed by atoms with E-state index in [1.54, 1.807) is 6.20 Å². The van der Waals surface area contributed by atoms with Crippen molar-refractivity contribution >= 4 is 34.9 Å². The molecule has 0 aliphatic heterocycles. The van der Waals surface area contributed by atoms with Crippen LogP contribution in [0.3, 0.4) is 0 Å². The number of hydrogen-bond acceptors (Lipinski definition) is 1. The maximum Gasteiger partial charge on any atom is 0.0705 e. The first-order valence-electron chi connectivity index (χ1n) is 3.80. The number of fused-ring (bicyclic) bond motifs is 1. The number of aromatic nitrogens is 1. The van der Waals surface area contributed by atoms with Gasteiger partial charge < -0.3 is 0 Å². The van der Waals surface area contributed by atoms with Crippen LogP contribution in [0.1, 0.15) is 5.56 Å². The molecule has 68 valence electrons. The second-order valence-corrected chi connectivity index (χ2v) is 2.89. The highest BCUT2D eigenvalue weighted by Crippen LogP contribution is 2.17. The standard InChI is InChI=1S/C10H8ClN.ClH/c11-7-8-5-6-12-10-4-2-1-3-9(8)10;/h1-6H,7H2;1H. The Labute approximate surface area is 88.2 Å². The fourth-order valence-corrected chi connectivity index (χ4v) is 1.50. The molecule has 2 rings (SSSR count). The second-order valence-electron chi connectivity index (χ2n) is 2.62. The molecule has 0 spiro atoms. The molecule has 0 N–H and O–H groups in total. The van der Waals surface area contributed by atoms with Crippen molar-refractivity contribution in [1.82, 2.24) is 4.98 Å². The fourth-order valence-electron chi connectivity index (χ4n) is 1.27. The van der Waals surface area contributed by atoms with Gasteiger partial charge in [0, 0.05) is 17.5 Å². The van der Waals surface area contributed by atoms with Gasteiger partial charge in [0.05, 0.1) is 5.52 Å². The lowest BCUT2D eigenvalue weighted by Gasteiger charge is -2.00. The first-order valence-corrected chi connectivity index (χ1v) is 4.34. The molecule has 0 aliphatic carbocycles. The third-order valence-corrected chi connectivity index (χ3v) is 2.17. The molecule has 0 fully saturated rings. The zero-order valence-corrected chi connectivity index (χ0v) is 8.48. The van der Waals surface area contributed by atoms with Gasteiger partial charge in [-0.1, -0.05) is 18.2 Å². The van der Waals surface area contributed by atoms with E-state index < -0.39 is 0 Å². The molecule has 1 nitrogen and oxygen atoms in total. The average Bonchev–Trinajstić information content (AvgIpc) is 2.17. The van der Waals surface area contributed by atoms with E-state index in [1.165, 1.54) is 0 Å². The van der Waals surface area contributed by atoms with Crippen LogP contribution in [0.4, 0.5) is 0 Å². The maximum absolute atomic E-state index is 5.78. The van der Waals surface area contributed by atoms with E-state index in [1.807, 2.05) is 30.3 Å². The molecule has 0 aliphatic rings. The summed E-state index contributed by atoms with van der Waals surface area (Å²) in [5.41, 5.74) is 2.15. The van der Waals surface area contributed by atoms with Crippen LogP contribution in [-0.4, -0.2) is 4.98 Å². The lowest BCUT2D eigenvalue weighted by Crippen LogP contribution is -1.83. The van der Waals surface area contributed by atoms with E-state index in [9.17, 15) is 0 Å². The first-order chi connectivity index (χ1) is 5.92. The summed E-state index contributed by atoms with van der Waals surface area (Å²) in [7, 11) is 0. The molecule has 3 heteroatoms. The van der Waals surface area contributed by atoms with Crippen molar-refractivity contribution in [3.63, 3.8) is 0 Å². The molecular formula is C10H9Cl2N. The summed E-state index contributed by atoms with van der Waals surface area (Å²) in [4.78, 5) is 4.23. The number of hydrogen-bond donors (Lipinski definition) is 0. The summed E-state index contributed by atoms with van der Waals surface area (Å²) >= 11 is 5.78. The molecule has 2 aromatic rings. The van der Waals surface area contributed by atoms with E-state index in [-0.39, 0.29) is 12.4 Å². The van der Waals surface area contributed by atoms with Crippen LogP contribution in [0, 0.1) is 0 Å². The van der Waals surface area contributed by atoms with Crippen LogP contribution in [0.5, 0.6) is 0 Å². The van der Waals surface area contributed by atoms with Gasteiger partial charge in [0.25, 0.3) is 0 Å². The monoisotopic (exact) mass is 213 g/mol. The van der Waals surface area contributed by atoms with Crippen molar-refractivity contribution in [2.45, 2.75) is 5.88 Å². The Hall–Kier alpha value is -0.790. The summed E-state index contributed by atoms with van der Waals surface area (Å²) in [6.45, 7) is 0.